The molecule has 2 aromatic carbocycles. The molecular formula is C18H18N2O3. The normalized spacial score (nSPS) is 10.6. The van der Waals surface area contributed by atoms with E-state index in [0.717, 1.165) is 28.1 Å². The molecule has 0 radical (unpaired) electrons. The van der Waals surface area contributed by atoms with Gasteiger partial charge in [0.2, 0.25) is 0 Å². The largest absolute Gasteiger partial charge is 0.497 e. The molecule has 3 aromatic rings. The van der Waals surface area contributed by atoms with E-state index in [4.69, 9.17) is 9.47 Å². The highest BCUT2D eigenvalue weighted by Gasteiger charge is 2.14. The Morgan fingerprint density at radius 1 is 0.957 bits per heavy atom. The number of fused-ring (bicyclic) bond motifs is 1. The van der Waals surface area contributed by atoms with Crippen LogP contribution < -0.4 is 14.8 Å². The van der Waals surface area contributed by atoms with Gasteiger partial charge in [-0.05, 0) is 48.5 Å². The molecule has 5 heteroatoms. The lowest BCUT2D eigenvalue weighted by Crippen LogP contribution is -2.15. The fraction of sp³-hybridized carbons (Fsp3) is 0.167. The highest BCUT2D eigenvalue weighted by molar-refractivity contribution is 6.06. The zero-order chi connectivity index (χ0) is 16.4. The summed E-state index contributed by atoms with van der Waals surface area (Å²) in [6.07, 6.45) is 0. The molecule has 0 aliphatic heterocycles. The number of aryl methyl sites for hydroxylation is 1. The predicted molar refractivity (Wildman–Crippen MR) is 90.4 cm³/mol. The van der Waals surface area contributed by atoms with Crippen LogP contribution in [-0.2, 0) is 7.05 Å². The van der Waals surface area contributed by atoms with Crippen LogP contribution >= 0.6 is 0 Å². The summed E-state index contributed by atoms with van der Waals surface area (Å²) in [5.74, 6) is 1.36. The average Bonchev–Trinajstić information content (AvgIpc) is 2.92. The van der Waals surface area contributed by atoms with Crippen LogP contribution in [0.3, 0.4) is 0 Å². The van der Waals surface area contributed by atoms with Crippen LogP contribution in [0.2, 0.25) is 0 Å². The van der Waals surface area contributed by atoms with Crippen molar-refractivity contribution in [3.63, 3.8) is 0 Å². The number of nitrogens with one attached hydrogen (secondary N) is 1. The Morgan fingerprint density at radius 2 is 1.61 bits per heavy atom. The lowest BCUT2D eigenvalue weighted by Gasteiger charge is -2.07. The van der Waals surface area contributed by atoms with E-state index in [1.165, 1.54) is 0 Å². The number of aromatic nitrogens is 1. The van der Waals surface area contributed by atoms with Gasteiger partial charge in [0.25, 0.3) is 5.91 Å². The van der Waals surface area contributed by atoms with Gasteiger partial charge in [0, 0.05) is 23.6 Å². The van der Waals surface area contributed by atoms with E-state index in [2.05, 4.69) is 5.32 Å². The van der Waals surface area contributed by atoms with Crippen molar-refractivity contribution in [1.29, 1.82) is 0 Å². The van der Waals surface area contributed by atoms with Crippen LogP contribution in [0.1, 0.15) is 10.5 Å². The second kappa shape index (κ2) is 6.04. The molecule has 0 saturated carbocycles. The first kappa shape index (κ1) is 15.0. The number of methoxy groups -OCH3 is 2. The van der Waals surface area contributed by atoms with E-state index in [1.807, 2.05) is 60.1 Å². The summed E-state index contributed by atoms with van der Waals surface area (Å²) in [6.45, 7) is 0. The van der Waals surface area contributed by atoms with Crippen LogP contribution in [0.4, 0.5) is 5.69 Å². The lowest BCUT2D eigenvalue weighted by molar-refractivity contribution is 0.101. The van der Waals surface area contributed by atoms with Crippen molar-refractivity contribution in [1.82, 2.24) is 4.57 Å². The van der Waals surface area contributed by atoms with Gasteiger partial charge in [0.1, 0.15) is 17.2 Å². The summed E-state index contributed by atoms with van der Waals surface area (Å²) in [5, 5.41) is 3.86. The predicted octanol–water partition coefficient (Wildman–Crippen LogP) is 3.45. The molecule has 0 spiro atoms. The molecule has 1 amide bonds. The number of hydrogen-bond acceptors (Lipinski definition) is 3. The summed E-state index contributed by atoms with van der Waals surface area (Å²) in [4.78, 5) is 12.5. The van der Waals surface area contributed by atoms with Gasteiger partial charge in [-0.3, -0.25) is 4.79 Å². The molecule has 1 aromatic heterocycles. The molecule has 0 fully saturated rings. The Bertz CT molecular complexity index is 851. The molecule has 1 heterocycles. The van der Waals surface area contributed by atoms with Crippen LogP contribution in [0.5, 0.6) is 11.5 Å². The van der Waals surface area contributed by atoms with E-state index in [1.54, 1.807) is 14.2 Å². The molecule has 118 valence electrons. The van der Waals surface area contributed by atoms with E-state index in [0.29, 0.717) is 5.69 Å². The number of nitrogens with zero attached hydrogens (tertiary/aromatic N) is 1. The summed E-state index contributed by atoms with van der Waals surface area (Å²) < 4.78 is 12.2. The highest BCUT2D eigenvalue weighted by Crippen LogP contribution is 2.24. The molecule has 23 heavy (non-hydrogen) atoms. The average molecular weight is 310 g/mol. The number of carbonyl (C=O) groups is 1. The molecule has 0 aliphatic rings. The van der Waals surface area contributed by atoms with Crippen molar-refractivity contribution in [3.05, 3.63) is 54.2 Å². The number of amides is 1. The van der Waals surface area contributed by atoms with Gasteiger partial charge in [-0.2, -0.15) is 0 Å². The van der Waals surface area contributed by atoms with Crippen LogP contribution in [0, 0.1) is 0 Å². The first-order valence-electron chi connectivity index (χ1n) is 7.21. The van der Waals surface area contributed by atoms with Gasteiger partial charge in [-0.1, -0.05) is 0 Å². The van der Waals surface area contributed by atoms with Crippen LogP contribution in [0.25, 0.3) is 10.9 Å². The third-order valence-electron chi connectivity index (χ3n) is 3.83. The lowest BCUT2D eigenvalue weighted by atomic mass is 10.2. The first-order valence-corrected chi connectivity index (χ1v) is 7.21. The Morgan fingerprint density at radius 3 is 2.26 bits per heavy atom. The van der Waals surface area contributed by atoms with E-state index >= 15 is 0 Å². The smallest absolute Gasteiger partial charge is 0.272 e. The van der Waals surface area contributed by atoms with Gasteiger partial charge in [0.05, 0.1) is 14.2 Å². The minimum absolute atomic E-state index is 0.159. The number of carbonyl (C=O) groups excluding carboxylic acids is 1. The molecule has 5 nitrogen and oxygen atoms in total. The van der Waals surface area contributed by atoms with Gasteiger partial charge in [-0.25, -0.2) is 0 Å². The number of anilines is 1. The second-order valence-corrected chi connectivity index (χ2v) is 5.20. The number of ether oxygens (including phenoxy) is 2. The Balaban J connectivity index is 1.89. The minimum Gasteiger partial charge on any atom is -0.497 e. The summed E-state index contributed by atoms with van der Waals surface area (Å²) in [6, 6.07) is 14.8. The summed E-state index contributed by atoms with van der Waals surface area (Å²) in [7, 11) is 5.11. The topological polar surface area (TPSA) is 52.5 Å². The molecule has 0 saturated heterocycles. The third kappa shape index (κ3) is 2.85. The van der Waals surface area contributed by atoms with Crippen molar-refractivity contribution < 1.29 is 14.3 Å². The van der Waals surface area contributed by atoms with Gasteiger partial charge in [-0.15, -0.1) is 0 Å². The molecule has 1 N–H and O–H groups in total. The van der Waals surface area contributed by atoms with Crippen molar-refractivity contribution in [3.8, 4) is 11.5 Å². The standard InChI is InChI=1S/C18H18N2O3/c1-20-16-9-8-15(23-3)10-12(16)11-17(20)18(21)19-13-4-6-14(22-2)7-5-13/h4-11H,1-3H3,(H,19,21). The Labute approximate surface area is 134 Å². The van der Waals surface area contributed by atoms with Gasteiger partial charge in [0.15, 0.2) is 0 Å². The second-order valence-electron chi connectivity index (χ2n) is 5.20. The number of rotatable bonds is 4. The molecular weight excluding hydrogens is 292 g/mol. The highest BCUT2D eigenvalue weighted by atomic mass is 16.5. The van der Waals surface area contributed by atoms with Gasteiger partial charge < -0.3 is 19.4 Å². The molecule has 3 rings (SSSR count). The molecule has 0 bridgehead atoms. The maximum atomic E-state index is 12.5. The quantitative estimate of drug-likeness (QED) is 0.803. The molecule has 0 atom stereocenters. The van der Waals surface area contributed by atoms with Crippen molar-refractivity contribution in [2.75, 3.05) is 19.5 Å². The Kier molecular flexibility index (Phi) is 3.93. The fourth-order valence-electron chi connectivity index (χ4n) is 2.54. The SMILES string of the molecule is COc1ccc(NC(=O)c2cc3cc(OC)ccc3n2C)cc1. The monoisotopic (exact) mass is 310 g/mol. The van der Waals surface area contributed by atoms with E-state index in [-0.39, 0.29) is 5.91 Å². The van der Waals surface area contributed by atoms with Crippen LogP contribution in [0.15, 0.2) is 48.5 Å². The summed E-state index contributed by atoms with van der Waals surface area (Å²) >= 11 is 0. The van der Waals surface area contributed by atoms with Crippen LogP contribution in [-0.4, -0.2) is 24.7 Å². The maximum Gasteiger partial charge on any atom is 0.272 e. The maximum absolute atomic E-state index is 12.5. The number of hydrogen-bond donors (Lipinski definition) is 1. The van der Waals surface area contributed by atoms with E-state index < -0.39 is 0 Å². The van der Waals surface area contributed by atoms with Gasteiger partial charge >= 0.3 is 0 Å². The van der Waals surface area contributed by atoms with Crippen molar-refractivity contribution in [2.24, 2.45) is 7.05 Å². The fourth-order valence-corrected chi connectivity index (χ4v) is 2.54. The van der Waals surface area contributed by atoms with Crippen molar-refractivity contribution in [2.45, 2.75) is 0 Å². The third-order valence-corrected chi connectivity index (χ3v) is 3.83. The zero-order valence-corrected chi connectivity index (χ0v) is 13.3. The Hall–Kier alpha value is -2.95. The first-order chi connectivity index (χ1) is 11.1. The molecule has 0 unspecified atom stereocenters. The summed E-state index contributed by atoms with van der Waals surface area (Å²) in [5.41, 5.74) is 2.29. The zero-order valence-electron chi connectivity index (χ0n) is 13.3. The minimum atomic E-state index is -0.159. The molecule has 0 aliphatic carbocycles. The number of benzene rings is 2. The van der Waals surface area contributed by atoms with E-state index in [9.17, 15) is 4.79 Å². The van der Waals surface area contributed by atoms with Crippen molar-refractivity contribution >= 4 is 22.5 Å².